The van der Waals surface area contributed by atoms with Crippen molar-refractivity contribution in [3.8, 4) is 0 Å². The molecule has 0 spiro atoms. The number of nitrogens with zero attached hydrogens (tertiary/aromatic N) is 2. The summed E-state index contributed by atoms with van der Waals surface area (Å²) in [6.45, 7) is 7.65. The Morgan fingerprint density at radius 2 is 1.50 bits per heavy atom. The molecular weight excluding hydrogens is 522 g/mol. The molecule has 0 radical (unpaired) electrons. The number of sulfonamides is 1. The van der Waals surface area contributed by atoms with E-state index in [1.165, 1.54) is 4.90 Å². The summed E-state index contributed by atoms with van der Waals surface area (Å²) in [5.41, 5.74) is 4.26. The number of aryl methyl sites for hydroxylation is 2. The zero-order valence-electron chi connectivity index (χ0n) is 24.1. The van der Waals surface area contributed by atoms with Crippen molar-refractivity contribution in [2.24, 2.45) is 0 Å². The first-order chi connectivity index (χ1) is 19.0. The SMILES string of the molecule is CCc1ccc(N(CC(=O)N(Cc2ccccc2C)C(Cc2ccccc2)C(=O)NC(C)CC)S(C)(=O)=O)cc1. The fourth-order valence-electron chi connectivity index (χ4n) is 4.48. The van der Waals surface area contributed by atoms with E-state index in [1.54, 1.807) is 12.1 Å². The third-order valence-electron chi connectivity index (χ3n) is 7.19. The number of benzene rings is 3. The lowest BCUT2D eigenvalue weighted by atomic mass is 10.0. The van der Waals surface area contributed by atoms with Crippen molar-refractivity contribution in [1.29, 1.82) is 0 Å². The highest BCUT2D eigenvalue weighted by Gasteiger charge is 2.33. The lowest BCUT2D eigenvalue weighted by Gasteiger charge is -2.34. The van der Waals surface area contributed by atoms with E-state index in [9.17, 15) is 18.0 Å². The van der Waals surface area contributed by atoms with E-state index < -0.39 is 28.5 Å². The van der Waals surface area contributed by atoms with Gasteiger partial charge in [-0.25, -0.2) is 8.42 Å². The van der Waals surface area contributed by atoms with Gasteiger partial charge in [0.2, 0.25) is 21.8 Å². The predicted molar refractivity (Wildman–Crippen MR) is 162 cm³/mol. The van der Waals surface area contributed by atoms with Crippen molar-refractivity contribution in [1.82, 2.24) is 10.2 Å². The van der Waals surface area contributed by atoms with Gasteiger partial charge in [0.25, 0.3) is 0 Å². The molecule has 2 amide bonds. The Balaban J connectivity index is 2.06. The van der Waals surface area contributed by atoms with Crippen LogP contribution < -0.4 is 9.62 Å². The second kappa shape index (κ2) is 14.1. The molecule has 0 aliphatic carbocycles. The molecule has 0 aliphatic heterocycles. The van der Waals surface area contributed by atoms with Crippen LogP contribution in [0.25, 0.3) is 0 Å². The van der Waals surface area contributed by atoms with Crippen molar-refractivity contribution in [3.63, 3.8) is 0 Å². The molecule has 3 aromatic carbocycles. The molecule has 0 saturated carbocycles. The van der Waals surface area contributed by atoms with E-state index >= 15 is 0 Å². The minimum absolute atomic E-state index is 0.0780. The number of carbonyl (C=O) groups excluding carboxylic acids is 2. The van der Waals surface area contributed by atoms with Crippen LogP contribution in [0, 0.1) is 6.92 Å². The van der Waals surface area contributed by atoms with Gasteiger partial charge in [-0.15, -0.1) is 0 Å². The first kappa shape index (κ1) is 30.9. The van der Waals surface area contributed by atoms with Crippen LogP contribution in [0.2, 0.25) is 0 Å². The minimum Gasteiger partial charge on any atom is -0.352 e. The largest absolute Gasteiger partial charge is 0.352 e. The van der Waals surface area contributed by atoms with E-state index in [0.717, 1.165) is 45.7 Å². The zero-order chi connectivity index (χ0) is 29.3. The van der Waals surface area contributed by atoms with Gasteiger partial charge in [-0.1, -0.05) is 80.6 Å². The van der Waals surface area contributed by atoms with E-state index in [0.29, 0.717) is 12.1 Å². The molecule has 0 bridgehead atoms. The molecule has 0 fully saturated rings. The predicted octanol–water partition coefficient (Wildman–Crippen LogP) is 4.88. The summed E-state index contributed by atoms with van der Waals surface area (Å²) in [6.07, 6.45) is 2.95. The van der Waals surface area contributed by atoms with E-state index in [1.807, 2.05) is 94.4 Å². The van der Waals surface area contributed by atoms with Gasteiger partial charge < -0.3 is 10.2 Å². The van der Waals surface area contributed by atoms with Crippen LogP contribution in [-0.2, 0) is 39.0 Å². The quantitative estimate of drug-likeness (QED) is 0.321. The number of amides is 2. The van der Waals surface area contributed by atoms with Crippen molar-refractivity contribution in [2.75, 3.05) is 17.1 Å². The standard InChI is InChI=1S/C32H41N3O4S/c1-6-25(4)33-32(37)30(21-27-14-9-8-10-15-27)34(22-28-16-12-11-13-24(28)3)31(36)23-35(40(5,38)39)29-19-17-26(7-2)18-20-29/h8-20,25,30H,6-7,21-23H2,1-5H3,(H,33,37). The number of nitrogens with one attached hydrogen (secondary N) is 1. The molecule has 0 saturated heterocycles. The Bertz CT molecular complexity index is 1370. The van der Waals surface area contributed by atoms with Crippen molar-refractivity contribution in [3.05, 3.63) is 101 Å². The van der Waals surface area contributed by atoms with Crippen LogP contribution in [0.1, 0.15) is 49.4 Å². The Hall–Kier alpha value is -3.65. The number of hydrogen-bond acceptors (Lipinski definition) is 4. The van der Waals surface area contributed by atoms with Crippen LogP contribution in [0.15, 0.2) is 78.9 Å². The molecule has 40 heavy (non-hydrogen) atoms. The smallest absolute Gasteiger partial charge is 0.244 e. The van der Waals surface area contributed by atoms with Gasteiger partial charge in [-0.3, -0.25) is 13.9 Å². The van der Waals surface area contributed by atoms with Crippen LogP contribution in [0.4, 0.5) is 5.69 Å². The van der Waals surface area contributed by atoms with Gasteiger partial charge in [-0.05, 0) is 61.1 Å². The summed E-state index contributed by atoms with van der Waals surface area (Å²) >= 11 is 0. The van der Waals surface area contributed by atoms with E-state index in [4.69, 9.17) is 0 Å². The topological polar surface area (TPSA) is 86.8 Å². The minimum atomic E-state index is -3.79. The first-order valence-corrected chi connectivity index (χ1v) is 15.6. The van der Waals surface area contributed by atoms with Crippen molar-refractivity contribution >= 4 is 27.5 Å². The molecule has 0 heterocycles. The second-order valence-electron chi connectivity index (χ2n) is 10.3. The Kier molecular flexibility index (Phi) is 10.9. The molecule has 0 aliphatic rings. The second-order valence-corrected chi connectivity index (χ2v) is 12.2. The molecular formula is C32H41N3O4S. The molecule has 3 rings (SSSR count). The summed E-state index contributed by atoms with van der Waals surface area (Å²) in [4.78, 5) is 29.4. The van der Waals surface area contributed by atoms with Crippen LogP contribution >= 0.6 is 0 Å². The summed E-state index contributed by atoms with van der Waals surface area (Å²) in [7, 11) is -3.79. The zero-order valence-corrected chi connectivity index (χ0v) is 24.9. The van der Waals surface area contributed by atoms with Gasteiger partial charge in [0.1, 0.15) is 12.6 Å². The van der Waals surface area contributed by atoms with Crippen molar-refractivity contribution in [2.45, 2.75) is 65.6 Å². The maximum Gasteiger partial charge on any atom is 0.244 e. The number of anilines is 1. The van der Waals surface area contributed by atoms with Crippen LogP contribution in [-0.4, -0.2) is 50.0 Å². The third kappa shape index (κ3) is 8.42. The molecule has 0 aromatic heterocycles. The average Bonchev–Trinajstić information content (AvgIpc) is 2.94. The lowest BCUT2D eigenvalue weighted by molar-refractivity contribution is -0.140. The van der Waals surface area contributed by atoms with Gasteiger partial charge in [0.15, 0.2) is 0 Å². The summed E-state index contributed by atoms with van der Waals surface area (Å²) in [5.74, 6) is -0.716. The molecule has 3 aromatic rings. The summed E-state index contributed by atoms with van der Waals surface area (Å²) < 4.78 is 26.9. The van der Waals surface area contributed by atoms with Crippen LogP contribution in [0.3, 0.4) is 0 Å². The maximum absolute atomic E-state index is 14.1. The average molecular weight is 564 g/mol. The maximum atomic E-state index is 14.1. The Morgan fingerprint density at radius 3 is 2.08 bits per heavy atom. The Morgan fingerprint density at radius 1 is 0.875 bits per heavy atom. The highest BCUT2D eigenvalue weighted by molar-refractivity contribution is 7.92. The summed E-state index contributed by atoms with van der Waals surface area (Å²) in [5, 5.41) is 3.05. The fraction of sp³-hybridized carbons (Fsp3) is 0.375. The number of carbonyl (C=O) groups is 2. The third-order valence-corrected chi connectivity index (χ3v) is 8.33. The van der Waals surface area contributed by atoms with Crippen LogP contribution in [0.5, 0.6) is 0 Å². The lowest BCUT2D eigenvalue weighted by Crippen LogP contribution is -2.54. The Labute approximate surface area is 239 Å². The molecule has 2 atom stereocenters. The van der Waals surface area contributed by atoms with Crippen molar-refractivity contribution < 1.29 is 18.0 Å². The summed E-state index contributed by atoms with van der Waals surface area (Å²) in [6, 6.07) is 23.5. The number of rotatable bonds is 13. The molecule has 214 valence electrons. The molecule has 8 heteroatoms. The molecule has 7 nitrogen and oxygen atoms in total. The first-order valence-electron chi connectivity index (χ1n) is 13.8. The van der Waals surface area contributed by atoms with Gasteiger partial charge in [0.05, 0.1) is 11.9 Å². The van der Waals surface area contributed by atoms with E-state index in [2.05, 4.69) is 5.32 Å². The number of hydrogen-bond donors (Lipinski definition) is 1. The van der Waals surface area contributed by atoms with Gasteiger partial charge in [0, 0.05) is 19.0 Å². The van der Waals surface area contributed by atoms with Gasteiger partial charge >= 0.3 is 0 Å². The normalized spacial score (nSPS) is 12.8. The fourth-order valence-corrected chi connectivity index (χ4v) is 5.33. The highest BCUT2D eigenvalue weighted by Crippen LogP contribution is 2.22. The highest BCUT2D eigenvalue weighted by atomic mass is 32.2. The molecule has 2 unspecified atom stereocenters. The van der Waals surface area contributed by atoms with E-state index in [-0.39, 0.29) is 18.5 Å². The molecule has 1 N–H and O–H groups in total. The van der Waals surface area contributed by atoms with Gasteiger partial charge in [-0.2, -0.15) is 0 Å². The monoisotopic (exact) mass is 563 g/mol.